The SMILES string of the molecule is [CH2]c1cccc(OC(C)C)c1CC. The first-order valence-electron chi connectivity index (χ1n) is 4.75. The molecule has 0 bridgehead atoms. The van der Waals surface area contributed by atoms with E-state index in [0.29, 0.717) is 0 Å². The highest BCUT2D eigenvalue weighted by Crippen LogP contribution is 2.23. The summed E-state index contributed by atoms with van der Waals surface area (Å²) in [5.41, 5.74) is 2.29. The molecule has 0 unspecified atom stereocenters. The van der Waals surface area contributed by atoms with E-state index >= 15 is 0 Å². The van der Waals surface area contributed by atoms with E-state index < -0.39 is 0 Å². The van der Waals surface area contributed by atoms with Gasteiger partial charge in [0.25, 0.3) is 0 Å². The monoisotopic (exact) mass is 177 g/mol. The molecule has 1 nitrogen and oxygen atoms in total. The van der Waals surface area contributed by atoms with Crippen LogP contribution in [0.2, 0.25) is 0 Å². The van der Waals surface area contributed by atoms with Crippen LogP contribution in [0.1, 0.15) is 31.9 Å². The average Bonchev–Trinajstić information content (AvgIpc) is 2.03. The second-order valence-corrected chi connectivity index (χ2v) is 3.41. The molecule has 0 saturated carbocycles. The fourth-order valence-corrected chi connectivity index (χ4v) is 1.38. The minimum atomic E-state index is 0.229. The minimum Gasteiger partial charge on any atom is -0.491 e. The van der Waals surface area contributed by atoms with Crippen molar-refractivity contribution in [3.63, 3.8) is 0 Å². The van der Waals surface area contributed by atoms with Crippen molar-refractivity contribution >= 4 is 0 Å². The summed E-state index contributed by atoms with van der Waals surface area (Å²) in [6, 6.07) is 6.01. The van der Waals surface area contributed by atoms with E-state index in [1.165, 1.54) is 5.56 Å². The molecule has 0 aromatic heterocycles. The summed E-state index contributed by atoms with van der Waals surface area (Å²) < 4.78 is 5.68. The molecule has 0 aliphatic carbocycles. The van der Waals surface area contributed by atoms with Gasteiger partial charge in [-0.25, -0.2) is 0 Å². The maximum atomic E-state index is 5.68. The lowest BCUT2D eigenvalue weighted by molar-refractivity contribution is 0.240. The molecule has 0 saturated heterocycles. The van der Waals surface area contributed by atoms with Gasteiger partial charge in [-0.15, -0.1) is 0 Å². The van der Waals surface area contributed by atoms with Gasteiger partial charge in [0.15, 0.2) is 0 Å². The van der Waals surface area contributed by atoms with Crippen molar-refractivity contribution in [1.82, 2.24) is 0 Å². The van der Waals surface area contributed by atoms with Crippen molar-refractivity contribution in [2.24, 2.45) is 0 Å². The zero-order valence-corrected chi connectivity index (χ0v) is 8.63. The number of ether oxygens (including phenoxy) is 1. The van der Waals surface area contributed by atoms with Crippen molar-refractivity contribution in [2.45, 2.75) is 33.3 Å². The van der Waals surface area contributed by atoms with E-state index in [4.69, 9.17) is 4.74 Å². The first-order chi connectivity index (χ1) is 6.15. The molecule has 1 aromatic rings. The van der Waals surface area contributed by atoms with Crippen LogP contribution in [0.3, 0.4) is 0 Å². The van der Waals surface area contributed by atoms with Gasteiger partial charge in [-0.3, -0.25) is 0 Å². The molecule has 0 heterocycles. The van der Waals surface area contributed by atoms with Gasteiger partial charge in [0.2, 0.25) is 0 Å². The predicted octanol–water partition coefficient (Wildman–Crippen LogP) is 3.22. The summed E-state index contributed by atoms with van der Waals surface area (Å²) in [6.07, 6.45) is 1.20. The summed E-state index contributed by atoms with van der Waals surface area (Å²) >= 11 is 0. The van der Waals surface area contributed by atoms with Crippen LogP contribution in [0.4, 0.5) is 0 Å². The Labute approximate surface area is 80.7 Å². The van der Waals surface area contributed by atoms with Crippen molar-refractivity contribution in [1.29, 1.82) is 0 Å². The number of hydrogen-bond acceptors (Lipinski definition) is 1. The van der Waals surface area contributed by atoms with Gasteiger partial charge in [-0.05, 0) is 44.4 Å². The smallest absolute Gasteiger partial charge is 0.123 e. The highest BCUT2D eigenvalue weighted by Gasteiger charge is 2.05. The van der Waals surface area contributed by atoms with Crippen LogP contribution in [0.15, 0.2) is 18.2 Å². The zero-order chi connectivity index (χ0) is 9.84. The lowest BCUT2D eigenvalue weighted by Crippen LogP contribution is -2.07. The highest BCUT2D eigenvalue weighted by molar-refractivity contribution is 5.41. The number of benzene rings is 1. The van der Waals surface area contributed by atoms with Gasteiger partial charge >= 0.3 is 0 Å². The van der Waals surface area contributed by atoms with Crippen molar-refractivity contribution in [3.05, 3.63) is 36.2 Å². The molecule has 71 valence electrons. The Morgan fingerprint density at radius 3 is 2.62 bits per heavy atom. The van der Waals surface area contributed by atoms with E-state index in [2.05, 4.69) is 13.8 Å². The predicted molar refractivity (Wildman–Crippen MR) is 56.0 cm³/mol. The topological polar surface area (TPSA) is 9.23 Å². The average molecular weight is 177 g/mol. The van der Waals surface area contributed by atoms with Gasteiger partial charge in [-0.1, -0.05) is 19.1 Å². The van der Waals surface area contributed by atoms with Gasteiger partial charge < -0.3 is 4.74 Å². The molecule has 1 rings (SSSR count). The Hall–Kier alpha value is -0.980. The fraction of sp³-hybridized carbons (Fsp3) is 0.417. The largest absolute Gasteiger partial charge is 0.491 e. The van der Waals surface area contributed by atoms with Crippen molar-refractivity contribution in [3.8, 4) is 5.75 Å². The maximum absolute atomic E-state index is 5.68. The Morgan fingerprint density at radius 2 is 2.08 bits per heavy atom. The molecule has 0 aliphatic rings. The van der Waals surface area contributed by atoms with Crippen LogP contribution in [0.25, 0.3) is 0 Å². The summed E-state index contributed by atoms with van der Waals surface area (Å²) in [5.74, 6) is 0.977. The molecule has 0 N–H and O–H groups in total. The lowest BCUT2D eigenvalue weighted by atomic mass is 10.1. The van der Waals surface area contributed by atoms with E-state index in [9.17, 15) is 0 Å². The lowest BCUT2D eigenvalue weighted by Gasteiger charge is -2.14. The third-order valence-electron chi connectivity index (χ3n) is 1.95. The van der Waals surface area contributed by atoms with Gasteiger partial charge in [0.05, 0.1) is 6.10 Å². The van der Waals surface area contributed by atoms with Gasteiger partial charge in [-0.2, -0.15) is 0 Å². The third kappa shape index (κ3) is 2.48. The summed E-state index contributed by atoms with van der Waals surface area (Å²) in [7, 11) is 0. The Morgan fingerprint density at radius 1 is 1.38 bits per heavy atom. The van der Waals surface area contributed by atoms with E-state index in [1.807, 2.05) is 32.0 Å². The zero-order valence-electron chi connectivity index (χ0n) is 8.63. The maximum Gasteiger partial charge on any atom is 0.123 e. The summed E-state index contributed by atoms with van der Waals surface area (Å²) in [5, 5.41) is 0. The van der Waals surface area contributed by atoms with Crippen LogP contribution in [-0.4, -0.2) is 6.10 Å². The van der Waals surface area contributed by atoms with Crippen LogP contribution >= 0.6 is 0 Å². The van der Waals surface area contributed by atoms with Crippen LogP contribution in [-0.2, 0) is 6.42 Å². The summed E-state index contributed by atoms with van der Waals surface area (Å²) in [4.78, 5) is 0. The van der Waals surface area contributed by atoms with E-state index in [1.54, 1.807) is 0 Å². The number of rotatable bonds is 3. The molecule has 13 heavy (non-hydrogen) atoms. The molecule has 1 heteroatoms. The Balaban J connectivity index is 2.98. The first kappa shape index (κ1) is 10.1. The van der Waals surface area contributed by atoms with Crippen LogP contribution in [0.5, 0.6) is 5.75 Å². The van der Waals surface area contributed by atoms with Crippen LogP contribution < -0.4 is 4.74 Å². The molecule has 0 amide bonds. The van der Waals surface area contributed by atoms with Crippen molar-refractivity contribution < 1.29 is 4.74 Å². The number of hydrogen-bond donors (Lipinski definition) is 0. The molecule has 0 fully saturated rings. The van der Waals surface area contributed by atoms with Gasteiger partial charge in [0, 0.05) is 0 Å². The fourth-order valence-electron chi connectivity index (χ4n) is 1.38. The quantitative estimate of drug-likeness (QED) is 0.688. The molecule has 0 atom stereocenters. The second-order valence-electron chi connectivity index (χ2n) is 3.41. The molecule has 1 aromatic carbocycles. The Kier molecular flexibility index (Phi) is 3.35. The molecular formula is C12H17O. The molecular weight excluding hydrogens is 160 g/mol. The second kappa shape index (κ2) is 4.31. The van der Waals surface area contributed by atoms with Crippen molar-refractivity contribution in [2.75, 3.05) is 0 Å². The molecule has 1 radical (unpaired) electrons. The highest BCUT2D eigenvalue weighted by atomic mass is 16.5. The standard InChI is InChI=1S/C12H17O/c1-5-11-10(4)7-6-8-12(11)13-9(2)3/h6-9H,4-5H2,1-3H3. The van der Waals surface area contributed by atoms with E-state index in [-0.39, 0.29) is 6.10 Å². The third-order valence-corrected chi connectivity index (χ3v) is 1.95. The molecule has 0 spiro atoms. The normalized spacial score (nSPS) is 10.5. The minimum absolute atomic E-state index is 0.229. The van der Waals surface area contributed by atoms with Gasteiger partial charge in [0.1, 0.15) is 5.75 Å². The molecule has 0 aliphatic heterocycles. The van der Waals surface area contributed by atoms with E-state index in [0.717, 1.165) is 17.7 Å². The summed E-state index contributed by atoms with van der Waals surface area (Å²) in [6.45, 7) is 10.2. The first-order valence-corrected chi connectivity index (χ1v) is 4.75. The Bertz CT molecular complexity index is 276. The van der Waals surface area contributed by atoms with Crippen LogP contribution in [0, 0.1) is 6.92 Å².